The molecule has 92 valence electrons. The molecule has 1 atom stereocenters. The highest BCUT2D eigenvalue weighted by molar-refractivity contribution is 9.18. The Labute approximate surface area is 108 Å². The molecule has 0 bridgehead atoms. The topological polar surface area (TPSA) is 21.6 Å². The number of nitrogens with zero attached hydrogens (tertiary/aromatic N) is 1. The van der Waals surface area contributed by atoms with Crippen LogP contribution in [0, 0.1) is 0 Å². The van der Waals surface area contributed by atoms with Gasteiger partial charge in [0.05, 0.1) is 12.6 Å². The van der Waals surface area contributed by atoms with Gasteiger partial charge in [0.2, 0.25) is 0 Å². The lowest BCUT2D eigenvalue weighted by Crippen LogP contribution is -2.22. The highest BCUT2D eigenvalue weighted by atomic mass is 79.9. The molecule has 0 amide bonds. The van der Waals surface area contributed by atoms with E-state index in [0.29, 0.717) is 0 Å². The summed E-state index contributed by atoms with van der Waals surface area (Å²) in [5, 5.41) is 0. The highest BCUT2D eigenvalue weighted by Crippen LogP contribution is 2.20. The SMILES string of the molecule is CCC1=CC(COCC[Si](C)(C)C)N=C1Br. The highest BCUT2D eigenvalue weighted by Gasteiger charge is 2.17. The van der Waals surface area contributed by atoms with Gasteiger partial charge in [-0.25, -0.2) is 0 Å². The maximum atomic E-state index is 5.70. The Morgan fingerprint density at radius 2 is 2.12 bits per heavy atom. The zero-order chi connectivity index (χ0) is 12.2. The van der Waals surface area contributed by atoms with Gasteiger partial charge in [0.1, 0.15) is 4.62 Å². The average Bonchev–Trinajstić information content (AvgIpc) is 2.52. The lowest BCUT2D eigenvalue weighted by Gasteiger charge is -2.15. The number of aliphatic imine (C=N–C) groups is 1. The number of allylic oxidation sites excluding steroid dienone is 1. The van der Waals surface area contributed by atoms with Crippen LogP contribution in [0.4, 0.5) is 0 Å². The molecule has 0 radical (unpaired) electrons. The fraction of sp³-hybridized carbons (Fsp3) is 0.750. The Morgan fingerprint density at radius 1 is 1.44 bits per heavy atom. The standard InChI is InChI=1S/C12H22BrNOSi/c1-5-10-8-11(14-12(10)13)9-15-6-7-16(2,3)4/h8,11H,5-7,9H2,1-4H3. The minimum absolute atomic E-state index is 0.228. The molecule has 0 aromatic carbocycles. The lowest BCUT2D eigenvalue weighted by molar-refractivity contribution is 0.143. The first-order valence-electron chi connectivity index (χ1n) is 5.94. The van der Waals surface area contributed by atoms with Gasteiger partial charge in [-0.3, -0.25) is 4.99 Å². The Hall–Kier alpha value is 0.0669. The summed E-state index contributed by atoms with van der Waals surface area (Å²) >= 11 is 3.48. The zero-order valence-electron chi connectivity index (χ0n) is 10.7. The van der Waals surface area contributed by atoms with Gasteiger partial charge < -0.3 is 4.74 Å². The van der Waals surface area contributed by atoms with Crippen LogP contribution in [0.3, 0.4) is 0 Å². The smallest absolute Gasteiger partial charge is 0.104 e. The van der Waals surface area contributed by atoms with Gasteiger partial charge in [0, 0.05) is 14.7 Å². The first kappa shape index (κ1) is 14.1. The van der Waals surface area contributed by atoms with E-state index in [1.165, 1.54) is 11.6 Å². The van der Waals surface area contributed by atoms with E-state index in [1.807, 2.05) is 0 Å². The molecular weight excluding hydrogens is 282 g/mol. The molecule has 1 aliphatic heterocycles. The molecule has 0 aromatic heterocycles. The zero-order valence-corrected chi connectivity index (χ0v) is 13.3. The van der Waals surface area contributed by atoms with Crippen molar-refractivity contribution >= 4 is 28.6 Å². The van der Waals surface area contributed by atoms with Crippen molar-refractivity contribution in [3.05, 3.63) is 11.6 Å². The van der Waals surface area contributed by atoms with Gasteiger partial charge in [-0.05, 0) is 34.0 Å². The Bertz CT molecular complexity index is 294. The molecule has 0 aliphatic carbocycles. The van der Waals surface area contributed by atoms with Crippen molar-refractivity contribution in [1.29, 1.82) is 0 Å². The fourth-order valence-corrected chi connectivity index (χ4v) is 2.93. The molecular formula is C12H22BrNOSi. The second-order valence-corrected chi connectivity index (χ2v) is 11.8. The van der Waals surface area contributed by atoms with Crippen LogP contribution in [0.5, 0.6) is 0 Å². The van der Waals surface area contributed by atoms with Crippen LogP contribution in [0.25, 0.3) is 0 Å². The average molecular weight is 304 g/mol. The minimum Gasteiger partial charge on any atom is -0.379 e. The summed E-state index contributed by atoms with van der Waals surface area (Å²) in [4.78, 5) is 4.50. The second-order valence-electron chi connectivity index (χ2n) is 5.42. The summed E-state index contributed by atoms with van der Waals surface area (Å²) in [5.41, 5.74) is 1.30. The Kier molecular flexibility index (Phi) is 5.41. The normalized spacial score (nSPS) is 20.9. The van der Waals surface area contributed by atoms with E-state index in [9.17, 15) is 0 Å². The van der Waals surface area contributed by atoms with Crippen LogP contribution in [-0.4, -0.2) is 32.0 Å². The van der Waals surface area contributed by atoms with E-state index >= 15 is 0 Å². The predicted octanol–water partition coefficient (Wildman–Crippen LogP) is 3.85. The number of hydrogen-bond acceptors (Lipinski definition) is 2. The maximum Gasteiger partial charge on any atom is 0.104 e. The number of halogens is 1. The van der Waals surface area contributed by atoms with Crippen LogP contribution >= 0.6 is 15.9 Å². The van der Waals surface area contributed by atoms with Crippen LogP contribution in [0.1, 0.15) is 13.3 Å². The van der Waals surface area contributed by atoms with E-state index in [2.05, 4.69) is 53.6 Å². The molecule has 0 aromatic rings. The molecule has 0 N–H and O–H groups in total. The molecule has 1 heterocycles. The predicted molar refractivity (Wildman–Crippen MR) is 77.5 cm³/mol. The molecule has 0 saturated heterocycles. The fourth-order valence-electron chi connectivity index (χ4n) is 1.50. The summed E-state index contributed by atoms with van der Waals surface area (Å²) in [7, 11) is -0.953. The lowest BCUT2D eigenvalue weighted by atomic mass is 10.2. The third-order valence-corrected chi connectivity index (χ3v) is 5.02. The molecule has 1 rings (SSSR count). The van der Waals surface area contributed by atoms with E-state index in [0.717, 1.165) is 24.3 Å². The quantitative estimate of drug-likeness (QED) is 0.539. The summed E-state index contributed by atoms with van der Waals surface area (Å²) in [5.74, 6) is 0. The van der Waals surface area contributed by atoms with Gasteiger partial charge >= 0.3 is 0 Å². The van der Waals surface area contributed by atoms with Crippen molar-refractivity contribution in [3.8, 4) is 0 Å². The summed E-state index contributed by atoms with van der Waals surface area (Å²) < 4.78 is 6.71. The van der Waals surface area contributed by atoms with Crippen molar-refractivity contribution in [1.82, 2.24) is 0 Å². The van der Waals surface area contributed by atoms with Crippen molar-refractivity contribution < 1.29 is 4.74 Å². The van der Waals surface area contributed by atoms with Crippen LogP contribution in [0.2, 0.25) is 25.7 Å². The molecule has 2 nitrogen and oxygen atoms in total. The number of hydrogen-bond donors (Lipinski definition) is 0. The van der Waals surface area contributed by atoms with Crippen LogP contribution < -0.4 is 0 Å². The molecule has 1 unspecified atom stereocenters. The van der Waals surface area contributed by atoms with Gasteiger partial charge in [0.15, 0.2) is 0 Å². The van der Waals surface area contributed by atoms with Crippen LogP contribution in [0.15, 0.2) is 16.6 Å². The molecule has 4 heteroatoms. The first-order valence-corrected chi connectivity index (χ1v) is 10.4. The van der Waals surface area contributed by atoms with Crippen molar-refractivity contribution in [2.24, 2.45) is 4.99 Å². The molecule has 0 fully saturated rings. The molecule has 0 saturated carbocycles. The van der Waals surface area contributed by atoms with E-state index in [4.69, 9.17) is 4.74 Å². The van der Waals surface area contributed by atoms with E-state index in [1.54, 1.807) is 0 Å². The van der Waals surface area contributed by atoms with Crippen molar-refractivity contribution in [3.63, 3.8) is 0 Å². The van der Waals surface area contributed by atoms with Gasteiger partial charge in [-0.1, -0.05) is 32.6 Å². The Balaban J connectivity index is 2.23. The monoisotopic (exact) mass is 303 g/mol. The molecule has 16 heavy (non-hydrogen) atoms. The number of ether oxygens (including phenoxy) is 1. The van der Waals surface area contributed by atoms with Gasteiger partial charge in [-0.15, -0.1) is 0 Å². The van der Waals surface area contributed by atoms with Gasteiger partial charge in [-0.2, -0.15) is 0 Å². The third-order valence-electron chi connectivity index (χ3n) is 2.60. The number of rotatable bonds is 6. The second kappa shape index (κ2) is 6.12. The molecule has 1 aliphatic rings. The van der Waals surface area contributed by atoms with E-state index < -0.39 is 8.07 Å². The van der Waals surface area contributed by atoms with Crippen molar-refractivity contribution in [2.75, 3.05) is 13.2 Å². The van der Waals surface area contributed by atoms with Gasteiger partial charge in [0.25, 0.3) is 0 Å². The maximum absolute atomic E-state index is 5.70. The largest absolute Gasteiger partial charge is 0.379 e. The first-order chi connectivity index (χ1) is 7.42. The molecule has 0 spiro atoms. The van der Waals surface area contributed by atoms with Crippen LogP contribution in [-0.2, 0) is 4.74 Å². The minimum atomic E-state index is -0.953. The third kappa shape index (κ3) is 4.93. The summed E-state index contributed by atoms with van der Waals surface area (Å²) in [6.07, 6.45) is 3.24. The van der Waals surface area contributed by atoms with Crippen molar-refractivity contribution in [2.45, 2.75) is 45.1 Å². The Morgan fingerprint density at radius 3 is 2.62 bits per heavy atom. The summed E-state index contributed by atoms with van der Waals surface area (Å²) in [6.45, 7) is 10.9. The summed E-state index contributed by atoms with van der Waals surface area (Å²) in [6, 6.07) is 1.46. The van der Waals surface area contributed by atoms with E-state index in [-0.39, 0.29) is 6.04 Å².